The molecule has 1 aromatic rings. The molecule has 1 fully saturated rings. The Labute approximate surface area is 157 Å². The monoisotopic (exact) mass is 414 g/mol. The van der Waals surface area contributed by atoms with Gasteiger partial charge in [-0.3, -0.25) is 4.99 Å². The Bertz CT molecular complexity index is 578. The van der Waals surface area contributed by atoms with Crippen molar-refractivity contribution in [3.63, 3.8) is 0 Å². The summed E-state index contributed by atoms with van der Waals surface area (Å²) in [5.41, 5.74) is 0. The number of methoxy groups -OCH3 is 1. The number of hydrogen-bond acceptors (Lipinski definition) is 6. The molecular formula is C16H27BrN6O2. The van der Waals surface area contributed by atoms with Gasteiger partial charge in [-0.1, -0.05) is 6.92 Å². The second-order valence-corrected chi connectivity index (χ2v) is 6.84. The van der Waals surface area contributed by atoms with E-state index in [0.29, 0.717) is 18.4 Å². The van der Waals surface area contributed by atoms with Gasteiger partial charge in [0.2, 0.25) is 11.8 Å². The fourth-order valence-electron chi connectivity index (χ4n) is 2.48. The van der Waals surface area contributed by atoms with E-state index in [1.54, 1.807) is 13.3 Å². The van der Waals surface area contributed by atoms with Gasteiger partial charge in [-0.05, 0) is 28.8 Å². The van der Waals surface area contributed by atoms with Crippen LogP contribution >= 0.6 is 15.9 Å². The zero-order chi connectivity index (χ0) is 18.2. The first-order valence-corrected chi connectivity index (χ1v) is 9.33. The predicted octanol–water partition coefficient (Wildman–Crippen LogP) is 0.964. The first-order chi connectivity index (χ1) is 12.1. The first-order valence-electron chi connectivity index (χ1n) is 8.54. The molecule has 0 spiro atoms. The van der Waals surface area contributed by atoms with Crippen LogP contribution in [0.4, 0.5) is 5.95 Å². The number of nitrogens with zero attached hydrogens (tertiary/aromatic N) is 5. The normalized spacial score (nSPS) is 16.8. The molecule has 0 aliphatic carbocycles. The number of aliphatic hydroxyl groups is 1. The largest absolute Gasteiger partial charge is 0.480 e. The summed E-state index contributed by atoms with van der Waals surface area (Å²) >= 11 is 3.38. The first kappa shape index (κ1) is 19.7. The second kappa shape index (κ2) is 9.76. The molecule has 1 unspecified atom stereocenters. The minimum Gasteiger partial charge on any atom is -0.480 e. The second-order valence-electron chi connectivity index (χ2n) is 5.98. The molecule has 1 aliphatic heterocycles. The number of aromatic nitrogens is 2. The van der Waals surface area contributed by atoms with E-state index in [2.05, 4.69) is 52.9 Å². The molecule has 25 heavy (non-hydrogen) atoms. The van der Waals surface area contributed by atoms with Crippen LogP contribution in [0.2, 0.25) is 0 Å². The maximum absolute atomic E-state index is 9.17. The molecule has 1 atom stereocenters. The number of ether oxygens (including phenoxy) is 1. The van der Waals surface area contributed by atoms with Crippen LogP contribution in [0.25, 0.3) is 0 Å². The van der Waals surface area contributed by atoms with Crippen LogP contribution in [0, 0.1) is 5.92 Å². The van der Waals surface area contributed by atoms with Crippen LogP contribution in [-0.4, -0.2) is 78.9 Å². The Kier molecular flexibility index (Phi) is 7.70. The third-order valence-corrected chi connectivity index (χ3v) is 4.50. The van der Waals surface area contributed by atoms with Crippen LogP contribution in [0.3, 0.4) is 0 Å². The average molecular weight is 415 g/mol. The Morgan fingerprint density at radius 3 is 2.76 bits per heavy atom. The Balaban J connectivity index is 1.99. The summed E-state index contributed by atoms with van der Waals surface area (Å²) < 4.78 is 6.00. The van der Waals surface area contributed by atoms with Gasteiger partial charge in [0.15, 0.2) is 5.96 Å². The number of halogens is 1. The van der Waals surface area contributed by atoms with Gasteiger partial charge in [-0.2, -0.15) is 4.98 Å². The van der Waals surface area contributed by atoms with Gasteiger partial charge < -0.3 is 25.0 Å². The smallest absolute Gasteiger partial charge is 0.232 e. The lowest BCUT2D eigenvalue weighted by atomic mass is 10.2. The molecule has 0 aromatic carbocycles. The lowest BCUT2D eigenvalue weighted by Crippen LogP contribution is -2.53. The molecule has 2 rings (SSSR count). The van der Waals surface area contributed by atoms with E-state index in [1.807, 2.05) is 6.92 Å². The van der Waals surface area contributed by atoms with Gasteiger partial charge in [0.05, 0.1) is 17.8 Å². The zero-order valence-corrected chi connectivity index (χ0v) is 16.7. The SMILES string of the molecule is CCNC(=NCC(C)CO)N1CCN(c2ncc(Br)c(OC)n2)CC1. The van der Waals surface area contributed by atoms with E-state index >= 15 is 0 Å². The molecular weight excluding hydrogens is 388 g/mol. The van der Waals surface area contributed by atoms with E-state index < -0.39 is 0 Å². The molecule has 9 heteroatoms. The summed E-state index contributed by atoms with van der Waals surface area (Å²) in [6.07, 6.45) is 1.72. The minimum absolute atomic E-state index is 0.152. The van der Waals surface area contributed by atoms with Crippen molar-refractivity contribution >= 4 is 27.8 Å². The fourth-order valence-corrected chi connectivity index (χ4v) is 2.84. The molecule has 0 amide bonds. The van der Waals surface area contributed by atoms with Crippen LogP contribution in [-0.2, 0) is 0 Å². The van der Waals surface area contributed by atoms with Gasteiger partial charge in [0.25, 0.3) is 0 Å². The average Bonchev–Trinajstić information content (AvgIpc) is 2.65. The number of piperazine rings is 1. The summed E-state index contributed by atoms with van der Waals surface area (Å²) in [6.45, 7) is 8.93. The highest BCUT2D eigenvalue weighted by molar-refractivity contribution is 9.10. The lowest BCUT2D eigenvalue weighted by molar-refractivity contribution is 0.241. The molecule has 1 aromatic heterocycles. The van der Waals surface area contributed by atoms with Crippen molar-refractivity contribution in [1.29, 1.82) is 0 Å². The fraction of sp³-hybridized carbons (Fsp3) is 0.688. The third kappa shape index (κ3) is 5.43. The Morgan fingerprint density at radius 1 is 1.44 bits per heavy atom. The van der Waals surface area contributed by atoms with Crippen LogP contribution < -0.4 is 15.0 Å². The number of anilines is 1. The van der Waals surface area contributed by atoms with Crippen molar-refractivity contribution in [2.24, 2.45) is 10.9 Å². The summed E-state index contributed by atoms with van der Waals surface area (Å²) in [5, 5.41) is 12.5. The van der Waals surface area contributed by atoms with Gasteiger partial charge in [0.1, 0.15) is 0 Å². The van der Waals surface area contributed by atoms with Crippen molar-refractivity contribution in [3.05, 3.63) is 10.7 Å². The van der Waals surface area contributed by atoms with E-state index in [1.165, 1.54) is 0 Å². The number of hydrogen-bond donors (Lipinski definition) is 2. The molecule has 140 valence electrons. The van der Waals surface area contributed by atoms with E-state index in [9.17, 15) is 5.11 Å². The van der Waals surface area contributed by atoms with Gasteiger partial charge in [-0.25, -0.2) is 4.98 Å². The van der Waals surface area contributed by atoms with E-state index in [-0.39, 0.29) is 12.5 Å². The maximum Gasteiger partial charge on any atom is 0.232 e. The van der Waals surface area contributed by atoms with E-state index in [4.69, 9.17) is 4.74 Å². The van der Waals surface area contributed by atoms with Crippen LogP contribution in [0.15, 0.2) is 15.7 Å². The van der Waals surface area contributed by atoms with Crippen molar-refractivity contribution < 1.29 is 9.84 Å². The van der Waals surface area contributed by atoms with Crippen LogP contribution in [0.1, 0.15) is 13.8 Å². The van der Waals surface area contributed by atoms with Gasteiger partial charge >= 0.3 is 0 Å². The quantitative estimate of drug-likeness (QED) is 0.529. The van der Waals surface area contributed by atoms with Crippen molar-refractivity contribution in [3.8, 4) is 5.88 Å². The number of aliphatic hydroxyl groups excluding tert-OH is 1. The van der Waals surface area contributed by atoms with Crippen molar-refractivity contribution in [2.75, 3.05) is 57.9 Å². The molecule has 2 N–H and O–H groups in total. The Hall–Kier alpha value is -1.61. The third-order valence-electron chi connectivity index (χ3n) is 3.95. The topological polar surface area (TPSA) is 86.1 Å². The highest BCUT2D eigenvalue weighted by Crippen LogP contribution is 2.23. The molecule has 0 saturated carbocycles. The predicted molar refractivity (Wildman–Crippen MR) is 102 cm³/mol. The maximum atomic E-state index is 9.17. The summed E-state index contributed by atoms with van der Waals surface area (Å²) in [4.78, 5) is 17.8. The molecule has 0 radical (unpaired) electrons. The summed E-state index contributed by atoms with van der Waals surface area (Å²) in [7, 11) is 1.60. The lowest BCUT2D eigenvalue weighted by Gasteiger charge is -2.36. The number of aliphatic imine (C=N–C) groups is 1. The summed E-state index contributed by atoms with van der Waals surface area (Å²) in [5.74, 6) is 2.28. The molecule has 0 bridgehead atoms. The molecule has 1 aliphatic rings. The highest BCUT2D eigenvalue weighted by Gasteiger charge is 2.22. The van der Waals surface area contributed by atoms with Crippen LogP contribution in [0.5, 0.6) is 5.88 Å². The summed E-state index contributed by atoms with van der Waals surface area (Å²) in [6, 6.07) is 0. The molecule has 2 heterocycles. The zero-order valence-electron chi connectivity index (χ0n) is 15.1. The Morgan fingerprint density at radius 2 is 2.16 bits per heavy atom. The van der Waals surface area contributed by atoms with Gasteiger partial charge in [0, 0.05) is 45.9 Å². The molecule has 8 nitrogen and oxygen atoms in total. The van der Waals surface area contributed by atoms with Crippen molar-refractivity contribution in [2.45, 2.75) is 13.8 Å². The molecule has 1 saturated heterocycles. The van der Waals surface area contributed by atoms with E-state index in [0.717, 1.165) is 43.2 Å². The number of nitrogens with one attached hydrogen (secondary N) is 1. The van der Waals surface area contributed by atoms with Crippen molar-refractivity contribution in [1.82, 2.24) is 20.2 Å². The number of guanidine groups is 1. The number of rotatable bonds is 6. The highest BCUT2D eigenvalue weighted by atomic mass is 79.9. The van der Waals surface area contributed by atoms with Gasteiger partial charge in [-0.15, -0.1) is 0 Å². The standard InChI is InChI=1S/C16H27BrN6O2/c1-4-18-15(19-9-12(2)11-24)22-5-7-23(8-6-22)16-20-10-13(17)14(21-16)25-3/h10,12,24H,4-9,11H2,1-3H3,(H,18,19). The minimum atomic E-state index is 0.152.